The van der Waals surface area contributed by atoms with E-state index in [9.17, 15) is 0 Å². The van der Waals surface area contributed by atoms with Gasteiger partial charge < -0.3 is 20.5 Å². The molecular formula is C15H15ClN2O2S. The summed E-state index contributed by atoms with van der Waals surface area (Å²) in [5.41, 5.74) is 7.96. The van der Waals surface area contributed by atoms with Gasteiger partial charge in [0.05, 0.1) is 24.9 Å². The molecule has 2 rings (SSSR count). The Hall–Kier alpha value is -1.98. The average Bonchev–Trinajstić information content (AvgIpc) is 2.48. The van der Waals surface area contributed by atoms with Crippen LogP contribution in [0, 0.1) is 0 Å². The summed E-state index contributed by atoms with van der Waals surface area (Å²) in [4.78, 5) is 0.316. The molecule has 3 N–H and O–H groups in total. The minimum atomic E-state index is 0.316. The first-order valence-electron chi connectivity index (χ1n) is 6.14. The molecule has 0 radical (unpaired) electrons. The van der Waals surface area contributed by atoms with Crippen molar-refractivity contribution in [1.29, 1.82) is 0 Å². The van der Waals surface area contributed by atoms with Gasteiger partial charge in [-0.3, -0.25) is 0 Å². The number of benzene rings is 2. The lowest BCUT2D eigenvalue weighted by molar-refractivity contribution is 0.396. The molecule has 0 spiro atoms. The van der Waals surface area contributed by atoms with Crippen molar-refractivity contribution < 1.29 is 9.47 Å². The molecule has 110 valence electrons. The maximum Gasteiger partial charge on any atom is 0.146 e. The molecular weight excluding hydrogens is 308 g/mol. The van der Waals surface area contributed by atoms with E-state index in [1.54, 1.807) is 26.4 Å². The topological polar surface area (TPSA) is 56.5 Å². The molecule has 0 amide bonds. The van der Waals surface area contributed by atoms with Crippen molar-refractivity contribution in [3.63, 3.8) is 0 Å². The highest BCUT2D eigenvalue weighted by Crippen LogP contribution is 2.37. The fourth-order valence-corrected chi connectivity index (χ4v) is 2.33. The summed E-state index contributed by atoms with van der Waals surface area (Å²) < 4.78 is 10.5. The number of thiocarbonyl (C=S) groups is 1. The number of methoxy groups -OCH3 is 2. The molecule has 2 aromatic rings. The minimum absolute atomic E-state index is 0.316. The van der Waals surface area contributed by atoms with E-state index in [0.717, 1.165) is 11.3 Å². The first kappa shape index (κ1) is 15.4. The van der Waals surface area contributed by atoms with Crippen LogP contribution in [-0.4, -0.2) is 19.2 Å². The van der Waals surface area contributed by atoms with Crippen LogP contribution in [0.25, 0.3) is 0 Å². The third-order valence-electron chi connectivity index (χ3n) is 2.94. The first-order valence-corrected chi connectivity index (χ1v) is 6.92. The van der Waals surface area contributed by atoms with Crippen molar-refractivity contribution in [3.8, 4) is 11.5 Å². The van der Waals surface area contributed by atoms with Crippen LogP contribution in [0.1, 0.15) is 5.56 Å². The summed E-state index contributed by atoms with van der Waals surface area (Å²) >= 11 is 11.2. The SMILES string of the molecule is COc1cc(OC)c(Nc2ccccc2C(N)=S)cc1Cl. The van der Waals surface area contributed by atoms with Crippen LogP contribution in [0.15, 0.2) is 36.4 Å². The molecule has 0 fully saturated rings. The van der Waals surface area contributed by atoms with Gasteiger partial charge in [0.1, 0.15) is 16.5 Å². The van der Waals surface area contributed by atoms with Gasteiger partial charge in [-0.05, 0) is 18.2 Å². The maximum atomic E-state index is 6.16. The second kappa shape index (κ2) is 6.65. The zero-order valence-electron chi connectivity index (χ0n) is 11.6. The van der Waals surface area contributed by atoms with E-state index in [2.05, 4.69) is 5.32 Å². The summed E-state index contributed by atoms with van der Waals surface area (Å²) in [6.45, 7) is 0. The lowest BCUT2D eigenvalue weighted by Crippen LogP contribution is -2.11. The lowest BCUT2D eigenvalue weighted by Gasteiger charge is -2.15. The van der Waals surface area contributed by atoms with Crippen LogP contribution < -0.4 is 20.5 Å². The molecule has 6 heteroatoms. The van der Waals surface area contributed by atoms with Gasteiger partial charge >= 0.3 is 0 Å². The number of anilines is 2. The van der Waals surface area contributed by atoms with Crippen molar-refractivity contribution in [2.45, 2.75) is 0 Å². The van der Waals surface area contributed by atoms with E-state index >= 15 is 0 Å². The molecule has 4 nitrogen and oxygen atoms in total. The van der Waals surface area contributed by atoms with Crippen LogP contribution in [0.4, 0.5) is 11.4 Å². The van der Waals surface area contributed by atoms with Gasteiger partial charge in [-0.25, -0.2) is 0 Å². The summed E-state index contributed by atoms with van der Waals surface area (Å²) in [6, 6.07) is 10.9. The van der Waals surface area contributed by atoms with Crippen molar-refractivity contribution in [2.75, 3.05) is 19.5 Å². The second-order valence-corrected chi connectivity index (χ2v) is 5.07. The fraction of sp³-hybridized carbons (Fsp3) is 0.133. The van der Waals surface area contributed by atoms with Crippen LogP contribution >= 0.6 is 23.8 Å². The molecule has 0 aliphatic rings. The lowest BCUT2D eigenvalue weighted by atomic mass is 10.1. The first-order chi connectivity index (χ1) is 10.1. The van der Waals surface area contributed by atoms with Crippen molar-refractivity contribution >= 4 is 40.2 Å². The number of halogens is 1. The van der Waals surface area contributed by atoms with Crippen molar-refractivity contribution in [3.05, 3.63) is 47.0 Å². The smallest absolute Gasteiger partial charge is 0.146 e. The van der Waals surface area contributed by atoms with Crippen molar-refractivity contribution in [1.82, 2.24) is 0 Å². The standard InChI is InChI=1S/C15H15ClN2O2S/c1-19-13-8-14(20-2)12(7-10(13)16)18-11-6-4-3-5-9(11)15(17)21/h3-8,18H,1-2H3,(H2,17,21). The Kier molecular flexibility index (Phi) is 4.88. The molecule has 0 aliphatic carbocycles. The number of hydrogen-bond acceptors (Lipinski definition) is 4. The number of nitrogens with one attached hydrogen (secondary N) is 1. The van der Waals surface area contributed by atoms with Gasteiger partial charge in [0, 0.05) is 17.3 Å². The van der Waals surface area contributed by atoms with E-state index in [4.69, 9.17) is 39.0 Å². The molecule has 0 aliphatic heterocycles. The van der Waals surface area contributed by atoms with Crippen LogP contribution in [0.3, 0.4) is 0 Å². The second-order valence-electron chi connectivity index (χ2n) is 4.22. The summed E-state index contributed by atoms with van der Waals surface area (Å²) in [5.74, 6) is 1.15. The highest BCUT2D eigenvalue weighted by atomic mass is 35.5. The van der Waals surface area contributed by atoms with Crippen LogP contribution in [0.5, 0.6) is 11.5 Å². The van der Waals surface area contributed by atoms with E-state index in [-0.39, 0.29) is 0 Å². The van der Waals surface area contributed by atoms with E-state index < -0.39 is 0 Å². The Morgan fingerprint density at radius 1 is 1.10 bits per heavy atom. The van der Waals surface area contributed by atoms with Gasteiger partial charge in [-0.15, -0.1) is 0 Å². The highest BCUT2D eigenvalue weighted by molar-refractivity contribution is 7.80. The molecule has 0 saturated heterocycles. The Morgan fingerprint density at radius 3 is 2.38 bits per heavy atom. The van der Waals surface area contributed by atoms with Gasteiger partial charge in [0.2, 0.25) is 0 Å². The van der Waals surface area contributed by atoms with Gasteiger partial charge in [-0.1, -0.05) is 36.0 Å². The zero-order valence-corrected chi connectivity index (χ0v) is 13.2. The predicted octanol–water partition coefficient (Wildman–Crippen LogP) is 3.74. The van der Waals surface area contributed by atoms with Gasteiger partial charge in [0.25, 0.3) is 0 Å². The third kappa shape index (κ3) is 3.37. The van der Waals surface area contributed by atoms with Gasteiger partial charge in [-0.2, -0.15) is 0 Å². The van der Waals surface area contributed by atoms with E-state index in [1.165, 1.54) is 0 Å². The quantitative estimate of drug-likeness (QED) is 0.821. The van der Waals surface area contributed by atoms with E-state index in [0.29, 0.717) is 27.2 Å². The molecule has 0 atom stereocenters. The van der Waals surface area contributed by atoms with Crippen LogP contribution in [0.2, 0.25) is 5.02 Å². The Balaban J connectivity index is 2.44. The zero-order chi connectivity index (χ0) is 15.4. The summed E-state index contributed by atoms with van der Waals surface area (Å²) in [7, 11) is 3.13. The Bertz CT molecular complexity index is 677. The van der Waals surface area contributed by atoms with Gasteiger partial charge in [0.15, 0.2) is 0 Å². The predicted molar refractivity (Wildman–Crippen MR) is 90.2 cm³/mol. The summed E-state index contributed by atoms with van der Waals surface area (Å²) in [5, 5.41) is 3.71. The summed E-state index contributed by atoms with van der Waals surface area (Å²) in [6.07, 6.45) is 0. The average molecular weight is 323 g/mol. The molecule has 0 heterocycles. The number of para-hydroxylation sites is 1. The van der Waals surface area contributed by atoms with Crippen LogP contribution in [-0.2, 0) is 0 Å². The largest absolute Gasteiger partial charge is 0.495 e. The van der Waals surface area contributed by atoms with Crippen molar-refractivity contribution in [2.24, 2.45) is 5.73 Å². The molecule has 0 saturated carbocycles. The highest BCUT2D eigenvalue weighted by Gasteiger charge is 2.12. The minimum Gasteiger partial charge on any atom is -0.495 e. The number of hydrogen-bond donors (Lipinski definition) is 2. The number of nitrogens with two attached hydrogens (primary N) is 1. The normalized spacial score (nSPS) is 10.0. The molecule has 2 aromatic carbocycles. The Labute approximate surface area is 133 Å². The monoisotopic (exact) mass is 322 g/mol. The molecule has 21 heavy (non-hydrogen) atoms. The fourth-order valence-electron chi connectivity index (χ4n) is 1.91. The molecule has 0 aromatic heterocycles. The maximum absolute atomic E-state index is 6.16. The molecule has 0 bridgehead atoms. The molecule has 0 unspecified atom stereocenters. The number of rotatable bonds is 5. The number of ether oxygens (including phenoxy) is 2. The third-order valence-corrected chi connectivity index (χ3v) is 3.45. The van der Waals surface area contributed by atoms with E-state index in [1.807, 2.05) is 24.3 Å². The Morgan fingerprint density at radius 2 is 1.76 bits per heavy atom.